The van der Waals surface area contributed by atoms with Crippen LogP contribution in [0.4, 0.5) is 34.1 Å². The molecule has 0 atom stereocenters. The van der Waals surface area contributed by atoms with E-state index in [1.54, 1.807) is 0 Å². The first-order valence-electron chi connectivity index (χ1n) is 19.9. The monoisotopic (exact) mass is 738 g/mol. The van der Waals surface area contributed by atoms with Gasteiger partial charge in [-0.15, -0.1) is 0 Å². The Morgan fingerprint density at radius 2 is 0.672 bits per heavy atom. The summed E-state index contributed by atoms with van der Waals surface area (Å²) in [6, 6.07) is 83.6. The zero-order valence-corrected chi connectivity index (χ0v) is 31.8. The molecule has 0 aliphatic carbocycles. The lowest BCUT2D eigenvalue weighted by Crippen LogP contribution is -2.10. The van der Waals surface area contributed by atoms with Crippen molar-refractivity contribution in [3.05, 3.63) is 231 Å². The van der Waals surface area contributed by atoms with Crippen molar-refractivity contribution in [1.82, 2.24) is 0 Å². The molecule has 0 N–H and O–H groups in total. The van der Waals surface area contributed by atoms with Gasteiger partial charge in [-0.2, -0.15) is 0 Å². The Morgan fingerprint density at radius 3 is 1.31 bits per heavy atom. The van der Waals surface area contributed by atoms with Crippen molar-refractivity contribution in [2.45, 2.75) is 0 Å². The van der Waals surface area contributed by atoms with Crippen molar-refractivity contribution in [3.8, 4) is 22.3 Å². The molecule has 11 aromatic rings. The van der Waals surface area contributed by atoms with E-state index in [9.17, 15) is 0 Å². The highest BCUT2D eigenvalue weighted by Crippen LogP contribution is 2.46. The molecule has 0 saturated carbocycles. The van der Waals surface area contributed by atoms with Crippen LogP contribution in [0.3, 0.4) is 0 Å². The van der Waals surface area contributed by atoms with E-state index in [4.69, 9.17) is 0 Å². The number of nitrogens with zero attached hydrogens (tertiary/aromatic N) is 2. The minimum atomic E-state index is 1.12. The van der Waals surface area contributed by atoms with Crippen LogP contribution in [0, 0.1) is 0 Å². The van der Waals surface area contributed by atoms with Crippen LogP contribution in [0.25, 0.3) is 65.3 Å². The molecule has 2 nitrogen and oxygen atoms in total. The number of benzene rings is 11. The lowest BCUT2D eigenvalue weighted by atomic mass is 9.88. The second-order valence-corrected chi connectivity index (χ2v) is 15.0. The molecule has 11 aromatic carbocycles. The SMILES string of the molecule is c1ccc(N(c2ccccc2)c2ccc(-c3ccc(-c4ccc5ccc6c(N(c7ccccc7)c7ccc8ccccc8c7)ccc7ccc4c5c76)cc3)cc2)cc1. The summed E-state index contributed by atoms with van der Waals surface area (Å²) in [4.78, 5) is 4.71. The molecule has 2 heteroatoms. The maximum atomic E-state index is 2.41. The van der Waals surface area contributed by atoms with Gasteiger partial charge in [-0.25, -0.2) is 0 Å². The molecular weight excluding hydrogens is 701 g/mol. The van der Waals surface area contributed by atoms with Crippen LogP contribution in [0.15, 0.2) is 231 Å². The van der Waals surface area contributed by atoms with Crippen LogP contribution in [0.1, 0.15) is 0 Å². The number of para-hydroxylation sites is 3. The molecule has 0 aliphatic heterocycles. The molecule has 0 saturated heterocycles. The molecule has 272 valence electrons. The van der Waals surface area contributed by atoms with Gasteiger partial charge in [-0.1, -0.05) is 164 Å². The molecule has 0 radical (unpaired) electrons. The average molecular weight is 739 g/mol. The Bertz CT molecular complexity index is 3150. The predicted molar refractivity (Wildman–Crippen MR) is 248 cm³/mol. The Balaban J connectivity index is 0.978. The lowest BCUT2D eigenvalue weighted by molar-refractivity contribution is 1.28. The van der Waals surface area contributed by atoms with E-state index in [-0.39, 0.29) is 0 Å². The Kier molecular flexibility index (Phi) is 8.19. The van der Waals surface area contributed by atoms with Gasteiger partial charge in [0.1, 0.15) is 0 Å². The fourth-order valence-electron chi connectivity index (χ4n) is 8.80. The lowest BCUT2D eigenvalue weighted by Gasteiger charge is -2.28. The third-order valence-electron chi connectivity index (χ3n) is 11.6. The molecule has 0 aliphatic rings. The molecular formula is C56H38N2. The first kappa shape index (κ1) is 33.6. The number of hydrogen-bond acceptors (Lipinski definition) is 2. The van der Waals surface area contributed by atoms with Gasteiger partial charge in [0.25, 0.3) is 0 Å². The normalized spacial score (nSPS) is 11.4. The van der Waals surface area contributed by atoms with Gasteiger partial charge in [0.15, 0.2) is 0 Å². The zero-order chi connectivity index (χ0) is 38.4. The fourth-order valence-corrected chi connectivity index (χ4v) is 8.80. The van der Waals surface area contributed by atoms with Gasteiger partial charge < -0.3 is 9.80 Å². The van der Waals surface area contributed by atoms with E-state index >= 15 is 0 Å². The molecule has 11 rings (SSSR count). The van der Waals surface area contributed by atoms with Crippen molar-refractivity contribution < 1.29 is 0 Å². The van der Waals surface area contributed by atoms with Crippen LogP contribution in [0.2, 0.25) is 0 Å². The summed E-state index contributed by atoms with van der Waals surface area (Å²) < 4.78 is 0. The summed E-state index contributed by atoms with van der Waals surface area (Å²) in [7, 11) is 0. The first-order chi connectivity index (χ1) is 28.8. The van der Waals surface area contributed by atoms with Gasteiger partial charge in [0, 0.05) is 33.8 Å². The minimum Gasteiger partial charge on any atom is -0.311 e. The van der Waals surface area contributed by atoms with Crippen LogP contribution in [-0.2, 0) is 0 Å². The standard InChI is InChI=1S/C56H38N2/c1-4-14-46(15-5-1)57(47-16-6-2-7-17-47)49-31-24-41(25-32-49)40-20-22-42(23-21-40)51-34-27-43-29-36-53-54(37-30-44-28-35-52(51)55(43)56(44)53)58(48-18-8-3-9-19-48)50-33-26-39-12-10-11-13-45(39)38-50/h1-38H. The molecule has 0 unspecified atom stereocenters. The Labute approximate surface area is 338 Å². The third-order valence-corrected chi connectivity index (χ3v) is 11.6. The fraction of sp³-hybridized carbons (Fsp3) is 0. The number of hydrogen-bond donors (Lipinski definition) is 0. The van der Waals surface area contributed by atoms with Crippen molar-refractivity contribution in [1.29, 1.82) is 0 Å². The Hall–Kier alpha value is -7.68. The number of fused-ring (bicyclic) bond motifs is 1. The summed E-state index contributed by atoms with van der Waals surface area (Å²) in [6.45, 7) is 0. The summed E-state index contributed by atoms with van der Waals surface area (Å²) in [5.74, 6) is 0. The Morgan fingerprint density at radius 1 is 0.241 bits per heavy atom. The van der Waals surface area contributed by atoms with E-state index in [1.165, 1.54) is 71.0 Å². The average Bonchev–Trinajstić information content (AvgIpc) is 3.30. The molecule has 0 heterocycles. The predicted octanol–water partition coefficient (Wildman–Crippen LogP) is 16.0. The number of rotatable bonds is 8. The summed E-state index contributed by atoms with van der Waals surface area (Å²) in [5.41, 5.74) is 11.7. The third kappa shape index (κ3) is 5.82. The van der Waals surface area contributed by atoms with Gasteiger partial charge >= 0.3 is 0 Å². The van der Waals surface area contributed by atoms with Gasteiger partial charge in [-0.3, -0.25) is 0 Å². The maximum Gasteiger partial charge on any atom is 0.0540 e. The van der Waals surface area contributed by atoms with E-state index < -0.39 is 0 Å². The van der Waals surface area contributed by atoms with E-state index in [1.807, 2.05) is 0 Å². The topological polar surface area (TPSA) is 6.48 Å². The summed E-state index contributed by atoms with van der Waals surface area (Å²) >= 11 is 0. The highest BCUT2D eigenvalue weighted by atomic mass is 15.1. The quantitative estimate of drug-likeness (QED) is 0.143. The molecule has 0 amide bonds. The molecule has 58 heavy (non-hydrogen) atoms. The first-order valence-corrected chi connectivity index (χ1v) is 19.9. The summed E-state index contributed by atoms with van der Waals surface area (Å²) in [5, 5.41) is 10.1. The second kappa shape index (κ2) is 14.1. The molecule has 0 bridgehead atoms. The number of anilines is 6. The van der Waals surface area contributed by atoms with Crippen molar-refractivity contribution >= 4 is 77.2 Å². The smallest absolute Gasteiger partial charge is 0.0540 e. The van der Waals surface area contributed by atoms with Crippen molar-refractivity contribution in [2.24, 2.45) is 0 Å². The van der Waals surface area contributed by atoms with Crippen molar-refractivity contribution in [3.63, 3.8) is 0 Å². The van der Waals surface area contributed by atoms with Gasteiger partial charge in [0.2, 0.25) is 0 Å². The van der Waals surface area contributed by atoms with Crippen LogP contribution >= 0.6 is 0 Å². The maximum absolute atomic E-state index is 2.41. The largest absolute Gasteiger partial charge is 0.311 e. The van der Waals surface area contributed by atoms with E-state index in [2.05, 4.69) is 240 Å². The van der Waals surface area contributed by atoms with Crippen LogP contribution < -0.4 is 9.80 Å². The highest BCUT2D eigenvalue weighted by Gasteiger charge is 2.20. The van der Waals surface area contributed by atoms with Crippen LogP contribution in [-0.4, -0.2) is 0 Å². The highest BCUT2D eigenvalue weighted by molar-refractivity contribution is 6.28. The molecule has 0 spiro atoms. The minimum absolute atomic E-state index is 1.12. The van der Waals surface area contributed by atoms with E-state index in [0.717, 1.165) is 28.4 Å². The molecule has 0 aromatic heterocycles. The summed E-state index contributed by atoms with van der Waals surface area (Å²) in [6.07, 6.45) is 0. The second-order valence-electron chi connectivity index (χ2n) is 15.0. The molecule has 0 fully saturated rings. The zero-order valence-electron chi connectivity index (χ0n) is 31.8. The van der Waals surface area contributed by atoms with Gasteiger partial charge in [-0.05, 0) is 127 Å². The van der Waals surface area contributed by atoms with Crippen LogP contribution in [0.5, 0.6) is 0 Å². The van der Waals surface area contributed by atoms with E-state index in [0.29, 0.717) is 0 Å². The van der Waals surface area contributed by atoms with Gasteiger partial charge in [0.05, 0.1) is 5.69 Å². The van der Waals surface area contributed by atoms with Crippen molar-refractivity contribution in [2.75, 3.05) is 9.80 Å².